The summed E-state index contributed by atoms with van der Waals surface area (Å²) in [5.41, 5.74) is 3.80. The molecular weight excluding hydrogens is 380 g/mol. The van der Waals surface area contributed by atoms with E-state index in [0.717, 1.165) is 11.1 Å². The van der Waals surface area contributed by atoms with Gasteiger partial charge in [-0.05, 0) is 31.2 Å². The van der Waals surface area contributed by atoms with Gasteiger partial charge in [-0.15, -0.1) is 0 Å². The Kier molecular flexibility index (Phi) is 5.09. The van der Waals surface area contributed by atoms with Crippen LogP contribution in [0.5, 0.6) is 0 Å². The van der Waals surface area contributed by atoms with Gasteiger partial charge in [0.05, 0.1) is 16.3 Å². The molecule has 1 N–H and O–H groups in total. The molecular formula is C23H18N4O3. The Balaban J connectivity index is 1.78. The van der Waals surface area contributed by atoms with Gasteiger partial charge >= 0.3 is 0 Å². The number of rotatable bonds is 5. The van der Waals surface area contributed by atoms with E-state index in [1.165, 1.54) is 16.8 Å². The first-order valence-electron chi connectivity index (χ1n) is 9.29. The molecule has 1 heterocycles. The molecule has 30 heavy (non-hydrogen) atoms. The number of nitrogens with one attached hydrogen (secondary N) is 1. The van der Waals surface area contributed by atoms with Crippen molar-refractivity contribution >= 4 is 17.3 Å². The van der Waals surface area contributed by atoms with Gasteiger partial charge in [-0.1, -0.05) is 54.1 Å². The number of hydrogen-bond acceptors (Lipinski definition) is 4. The maximum atomic E-state index is 13.1. The van der Waals surface area contributed by atoms with Crippen LogP contribution in [0.4, 0.5) is 11.4 Å². The molecule has 0 aliphatic carbocycles. The number of amides is 1. The van der Waals surface area contributed by atoms with Gasteiger partial charge in [0.2, 0.25) is 0 Å². The van der Waals surface area contributed by atoms with Crippen LogP contribution in [0, 0.1) is 17.0 Å². The van der Waals surface area contributed by atoms with Crippen molar-refractivity contribution in [2.45, 2.75) is 6.92 Å². The second kappa shape index (κ2) is 8.00. The van der Waals surface area contributed by atoms with Gasteiger partial charge in [-0.2, -0.15) is 5.10 Å². The van der Waals surface area contributed by atoms with Gasteiger partial charge < -0.3 is 5.32 Å². The SMILES string of the molecule is Cc1ccc(NC(=O)c2cc(-c3ccccc3)nn2-c2cccc([N+](=O)[O-])c2)cc1. The molecule has 1 aromatic heterocycles. The van der Waals surface area contributed by atoms with Crippen LogP contribution in [0.2, 0.25) is 0 Å². The number of hydrogen-bond donors (Lipinski definition) is 1. The van der Waals surface area contributed by atoms with E-state index in [9.17, 15) is 14.9 Å². The van der Waals surface area contributed by atoms with E-state index in [-0.39, 0.29) is 17.3 Å². The number of anilines is 1. The van der Waals surface area contributed by atoms with Crippen molar-refractivity contribution in [1.29, 1.82) is 0 Å². The van der Waals surface area contributed by atoms with Crippen molar-refractivity contribution in [3.8, 4) is 16.9 Å². The van der Waals surface area contributed by atoms with Gasteiger partial charge in [-0.25, -0.2) is 4.68 Å². The van der Waals surface area contributed by atoms with Crippen LogP contribution in [-0.4, -0.2) is 20.6 Å². The highest BCUT2D eigenvalue weighted by atomic mass is 16.6. The average Bonchev–Trinajstić information content (AvgIpc) is 3.22. The summed E-state index contributed by atoms with van der Waals surface area (Å²) in [6.07, 6.45) is 0. The van der Waals surface area contributed by atoms with E-state index in [1.54, 1.807) is 18.2 Å². The van der Waals surface area contributed by atoms with Crippen molar-refractivity contribution < 1.29 is 9.72 Å². The van der Waals surface area contributed by atoms with Crippen LogP contribution in [0.1, 0.15) is 16.1 Å². The molecule has 0 bridgehead atoms. The lowest BCUT2D eigenvalue weighted by molar-refractivity contribution is -0.384. The smallest absolute Gasteiger partial charge is 0.274 e. The third kappa shape index (κ3) is 3.95. The summed E-state index contributed by atoms with van der Waals surface area (Å²) >= 11 is 0. The number of aromatic nitrogens is 2. The number of benzene rings is 3. The zero-order valence-electron chi connectivity index (χ0n) is 16.1. The molecule has 0 spiro atoms. The molecule has 4 aromatic rings. The maximum absolute atomic E-state index is 13.1. The maximum Gasteiger partial charge on any atom is 0.274 e. The minimum Gasteiger partial charge on any atom is -0.321 e. The first-order chi connectivity index (χ1) is 14.5. The fourth-order valence-electron chi connectivity index (χ4n) is 3.06. The standard InChI is InChI=1S/C23H18N4O3/c1-16-10-12-18(13-11-16)24-23(28)22-15-21(17-6-3-2-4-7-17)25-26(22)19-8-5-9-20(14-19)27(29)30/h2-15H,1H3,(H,24,28). The Morgan fingerprint density at radius 3 is 2.40 bits per heavy atom. The highest BCUT2D eigenvalue weighted by Gasteiger charge is 2.19. The molecule has 0 atom stereocenters. The Bertz CT molecular complexity index is 1210. The van der Waals surface area contributed by atoms with Crippen LogP contribution in [-0.2, 0) is 0 Å². The van der Waals surface area contributed by atoms with E-state index in [2.05, 4.69) is 10.4 Å². The number of nitro benzene ring substituents is 1. The van der Waals surface area contributed by atoms with Crippen molar-refractivity contribution in [3.05, 3.63) is 106 Å². The van der Waals surface area contributed by atoms with Gasteiger partial charge in [0.15, 0.2) is 0 Å². The minimum atomic E-state index is -0.475. The molecule has 0 fully saturated rings. The number of nitro groups is 1. The zero-order valence-corrected chi connectivity index (χ0v) is 16.1. The van der Waals surface area contributed by atoms with Crippen molar-refractivity contribution in [2.24, 2.45) is 0 Å². The Morgan fingerprint density at radius 1 is 0.967 bits per heavy atom. The van der Waals surface area contributed by atoms with Gasteiger partial charge in [0, 0.05) is 23.4 Å². The minimum absolute atomic E-state index is 0.0749. The molecule has 4 rings (SSSR count). The van der Waals surface area contributed by atoms with Crippen molar-refractivity contribution in [3.63, 3.8) is 0 Å². The lowest BCUT2D eigenvalue weighted by atomic mass is 10.1. The molecule has 0 saturated carbocycles. The second-order valence-corrected chi connectivity index (χ2v) is 6.79. The summed E-state index contributed by atoms with van der Waals surface area (Å²) in [5, 5.41) is 18.6. The van der Waals surface area contributed by atoms with Crippen LogP contribution in [0.25, 0.3) is 16.9 Å². The molecule has 1 amide bonds. The summed E-state index contributed by atoms with van der Waals surface area (Å²) in [5.74, 6) is -0.361. The molecule has 0 aliphatic heterocycles. The molecule has 0 aliphatic rings. The Labute approximate surface area is 172 Å². The van der Waals surface area contributed by atoms with Gasteiger partial charge in [0.25, 0.3) is 11.6 Å². The quantitative estimate of drug-likeness (QED) is 0.378. The Hall–Kier alpha value is -4.26. The van der Waals surface area contributed by atoms with Crippen molar-refractivity contribution in [1.82, 2.24) is 9.78 Å². The zero-order chi connectivity index (χ0) is 21.1. The number of nitrogens with zero attached hydrogens (tertiary/aromatic N) is 3. The van der Waals surface area contributed by atoms with Crippen LogP contribution in [0.3, 0.4) is 0 Å². The summed E-state index contributed by atoms with van der Waals surface area (Å²) < 4.78 is 1.43. The van der Waals surface area contributed by atoms with Crippen LogP contribution < -0.4 is 5.32 Å². The van der Waals surface area contributed by atoms with E-state index in [0.29, 0.717) is 17.1 Å². The summed E-state index contributed by atoms with van der Waals surface area (Å²) in [6.45, 7) is 1.97. The number of carbonyl (C=O) groups excluding carboxylic acids is 1. The molecule has 0 saturated heterocycles. The lowest BCUT2D eigenvalue weighted by Gasteiger charge is -2.08. The molecule has 148 valence electrons. The first kappa shape index (κ1) is 19.1. The molecule has 7 heteroatoms. The first-order valence-corrected chi connectivity index (χ1v) is 9.29. The molecule has 0 radical (unpaired) electrons. The average molecular weight is 398 g/mol. The lowest BCUT2D eigenvalue weighted by Crippen LogP contribution is -2.17. The topological polar surface area (TPSA) is 90.1 Å². The van der Waals surface area contributed by atoms with E-state index in [4.69, 9.17) is 0 Å². The number of aryl methyl sites for hydroxylation is 1. The van der Waals surface area contributed by atoms with Gasteiger partial charge in [0.1, 0.15) is 5.69 Å². The van der Waals surface area contributed by atoms with E-state index < -0.39 is 4.92 Å². The molecule has 0 unspecified atom stereocenters. The normalized spacial score (nSPS) is 10.6. The van der Waals surface area contributed by atoms with Crippen molar-refractivity contribution in [2.75, 3.05) is 5.32 Å². The fourth-order valence-corrected chi connectivity index (χ4v) is 3.06. The second-order valence-electron chi connectivity index (χ2n) is 6.79. The van der Waals surface area contributed by atoms with E-state index in [1.807, 2.05) is 61.5 Å². The highest BCUT2D eigenvalue weighted by Crippen LogP contribution is 2.24. The van der Waals surface area contributed by atoms with Gasteiger partial charge in [-0.3, -0.25) is 14.9 Å². The summed E-state index contributed by atoms with van der Waals surface area (Å²) in [6, 6.07) is 24.6. The monoisotopic (exact) mass is 398 g/mol. The molecule has 3 aromatic carbocycles. The highest BCUT2D eigenvalue weighted by molar-refractivity contribution is 6.04. The van der Waals surface area contributed by atoms with E-state index >= 15 is 0 Å². The fraction of sp³-hybridized carbons (Fsp3) is 0.0435. The Morgan fingerprint density at radius 2 is 1.70 bits per heavy atom. The predicted molar refractivity (Wildman–Crippen MR) is 115 cm³/mol. The third-order valence-corrected chi connectivity index (χ3v) is 4.61. The summed E-state index contributed by atoms with van der Waals surface area (Å²) in [4.78, 5) is 23.8. The number of non-ortho nitro benzene ring substituents is 1. The molecule has 7 nitrogen and oxygen atoms in total. The van der Waals surface area contributed by atoms with Crippen LogP contribution in [0.15, 0.2) is 84.9 Å². The largest absolute Gasteiger partial charge is 0.321 e. The summed E-state index contributed by atoms with van der Waals surface area (Å²) in [7, 11) is 0. The van der Waals surface area contributed by atoms with Crippen LogP contribution >= 0.6 is 0 Å². The predicted octanol–water partition coefficient (Wildman–Crippen LogP) is 5.01. The third-order valence-electron chi connectivity index (χ3n) is 4.61. The number of carbonyl (C=O) groups is 1.